The number of halogens is 1. The van der Waals surface area contributed by atoms with Gasteiger partial charge < -0.3 is 15.5 Å². The summed E-state index contributed by atoms with van der Waals surface area (Å²) < 4.78 is 0. The number of anilines is 1. The summed E-state index contributed by atoms with van der Waals surface area (Å²) in [5, 5.41) is 6.29. The average Bonchev–Trinajstić information content (AvgIpc) is 2.70. The Kier molecular flexibility index (Phi) is 9.44. The van der Waals surface area contributed by atoms with Gasteiger partial charge in [0.25, 0.3) is 0 Å². The molecule has 0 unspecified atom stereocenters. The number of guanidine groups is 1. The number of carbonyl (C=O) groups excluding carboxylic acids is 1. The van der Waals surface area contributed by atoms with E-state index < -0.39 is 0 Å². The fraction of sp³-hybridized carbons (Fsp3) is 0.391. The molecule has 1 aliphatic rings. The highest BCUT2D eigenvalue weighted by molar-refractivity contribution is 14.0. The molecular formula is C23H31IN4O. The second-order valence-corrected chi connectivity index (χ2v) is 7.40. The summed E-state index contributed by atoms with van der Waals surface area (Å²) in [4.78, 5) is 18.0. The molecule has 156 valence electrons. The number of hydrogen-bond donors (Lipinski definition) is 2. The van der Waals surface area contributed by atoms with Crippen LogP contribution in [-0.4, -0.2) is 36.9 Å². The maximum Gasteiger partial charge on any atom is 0.221 e. The molecule has 0 saturated carbocycles. The minimum atomic E-state index is -0.0562. The van der Waals surface area contributed by atoms with Gasteiger partial charge in [0.1, 0.15) is 0 Å². The average molecular weight is 506 g/mol. The third-order valence-electron chi connectivity index (χ3n) is 5.19. The molecule has 1 fully saturated rings. The molecule has 0 aromatic heterocycles. The summed E-state index contributed by atoms with van der Waals surface area (Å²) in [6, 6.07) is 18.7. The van der Waals surface area contributed by atoms with Gasteiger partial charge in [0.15, 0.2) is 5.96 Å². The Labute approximate surface area is 191 Å². The van der Waals surface area contributed by atoms with Gasteiger partial charge in [-0.05, 0) is 48.4 Å². The smallest absolute Gasteiger partial charge is 0.221 e. The summed E-state index contributed by atoms with van der Waals surface area (Å²) in [6.07, 6.45) is 3.54. The van der Waals surface area contributed by atoms with Crippen LogP contribution >= 0.6 is 24.0 Å². The summed E-state index contributed by atoms with van der Waals surface area (Å²) in [5.41, 5.74) is 3.37. The quantitative estimate of drug-likeness (QED) is 0.362. The van der Waals surface area contributed by atoms with E-state index in [0.29, 0.717) is 6.54 Å². The van der Waals surface area contributed by atoms with Crippen molar-refractivity contribution >= 4 is 41.5 Å². The Hall–Kier alpha value is -2.09. The number of piperidine rings is 1. The molecule has 1 saturated heterocycles. The maximum atomic E-state index is 11.2. The zero-order chi connectivity index (χ0) is 19.8. The van der Waals surface area contributed by atoms with Gasteiger partial charge in [-0.25, -0.2) is 0 Å². The Morgan fingerprint density at radius 3 is 2.41 bits per heavy atom. The third kappa shape index (κ3) is 7.34. The van der Waals surface area contributed by atoms with Crippen molar-refractivity contribution in [1.82, 2.24) is 10.2 Å². The van der Waals surface area contributed by atoms with Gasteiger partial charge in [-0.1, -0.05) is 42.5 Å². The molecular weight excluding hydrogens is 475 g/mol. The number of rotatable bonds is 5. The lowest BCUT2D eigenvalue weighted by molar-refractivity contribution is -0.114. The standard InChI is InChI=1S/C23H30N4O.HI/c1-18(28)26-22-10-6-9-21(16-22)17-25-23(24-2)27-13-11-20(12-14-27)15-19-7-4-3-5-8-19;/h3-10,16,20H,11-15,17H2,1-2H3,(H,24,25)(H,26,28);1H. The third-order valence-corrected chi connectivity index (χ3v) is 5.19. The van der Waals surface area contributed by atoms with E-state index in [9.17, 15) is 4.79 Å². The van der Waals surface area contributed by atoms with Crippen molar-refractivity contribution in [3.63, 3.8) is 0 Å². The molecule has 2 aromatic carbocycles. The van der Waals surface area contributed by atoms with Gasteiger partial charge in [0, 0.05) is 39.3 Å². The minimum Gasteiger partial charge on any atom is -0.352 e. The first-order valence-corrected chi connectivity index (χ1v) is 10.00. The first kappa shape index (κ1) is 23.2. The van der Waals surface area contributed by atoms with Crippen molar-refractivity contribution in [3.8, 4) is 0 Å². The summed E-state index contributed by atoms with van der Waals surface area (Å²) in [6.45, 7) is 4.27. The topological polar surface area (TPSA) is 56.7 Å². The van der Waals surface area contributed by atoms with Crippen molar-refractivity contribution in [2.45, 2.75) is 32.7 Å². The van der Waals surface area contributed by atoms with E-state index in [-0.39, 0.29) is 29.9 Å². The lowest BCUT2D eigenvalue weighted by atomic mass is 9.90. The van der Waals surface area contributed by atoms with Crippen molar-refractivity contribution in [2.24, 2.45) is 10.9 Å². The summed E-state index contributed by atoms with van der Waals surface area (Å²) >= 11 is 0. The molecule has 1 heterocycles. The van der Waals surface area contributed by atoms with E-state index in [2.05, 4.69) is 56.9 Å². The van der Waals surface area contributed by atoms with Crippen LogP contribution in [0.3, 0.4) is 0 Å². The Balaban J connectivity index is 0.00000300. The number of amides is 1. The van der Waals surface area contributed by atoms with Crippen LogP contribution in [0.15, 0.2) is 59.6 Å². The summed E-state index contributed by atoms with van der Waals surface area (Å²) in [5.74, 6) is 1.63. The van der Waals surface area contributed by atoms with Gasteiger partial charge in [0.2, 0.25) is 5.91 Å². The molecule has 0 radical (unpaired) electrons. The number of aliphatic imine (C=N–C) groups is 1. The highest BCUT2D eigenvalue weighted by Gasteiger charge is 2.21. The monoisotopic (exact) mass is 506 g/mol. The van der Waals surface area contributed by atoms with Crippen molar-refractivity contribution in [2.75, 3.05) is 25.5 Å². The molecule has 2 aromatic rings. The fourth-order valence-electron chi connectivity index (χ4n) is 3.77. The van der Waals surface area contributed by atoms with Gasteiger partial charge in [-0.15, -0.1) is 24.0 Å². The fourth-order valence-corrected chi connectivity index (χ4v) is 3.77. The van der Waals surface area contributed by atoms with Crippen LogP contribution < -0.4 is 10.6 Å². The van der Waals surface area contributed by atoms with Crippen molar-refractivity contribution < 1.29 is 4.79 Å². The van der Waals surface area contributed by atoms with Crippen LogP contribution in [0.25, 0.3) is 0 Å². The normalized spacial score (nSPS) is 14.8. The van der Waals surface area contributed by atoms with Gasteiger partial charge >= 0.3 is 0 Å². The first-order valence-electron chi connectivity index (χ1n) is 10.00. The molecule has 0 spiro atoms. The second kappa shape index (κ2) is 11.8. The van der Waals surface area contributed by atoms with Crippen LogP contribution in [0.4, 0.5) is 5.69 Å². The predicted octanol–water partition coefficient (Wildman–Crippen LogP) is 4.29. The molecule has 2 N–H and O–H groups in total. The molecule has 0 bridgehead atoms. The lowest BCUT2D eigenvalue weighted by Gasteiger charge is -2.34. The zero-order valence-corrected chi connectivity index (χ0v) is 19.6. The van der Waals surface area contributed by atoms with Crippen molar-refractivity contribution in [3.05, 3.63) is 65.7 Å². The molecule has 5 nitrogen and oxygen atoms in total. The number of nitrogens with one attached hydrogen (secondary N) is 2. The van der Waals surface area contributed by atoms with Crippen LogP contribution in [0.5, 0.6) is 0 Å². The van der Waals surface area contributed by atoms with E-state index in [4.69, 9.17) is 0 Å². The van der Waals surface area contributed by atoms with Crippen molar-refractivity contribution in [1.29, 1.82) is 0 Å². The van der Waals surface area contributed by atoms with Crippen LogP contribution in [0.2, 0.25) is 0 Å². The predicted molar refractivity (Wildman–Crippen MR) is 131 cm³/mol. The minimum absolute atomic E-state index is 0. The van der Waals surface area contributed by atoms with E-state index in [1.54, 1.807) is 0 Å². The number of likely N-dealkylation sites (tertiary alicyclic amines) is 1. The summed E-state index contributed by atoms with van der Waals surface area (Å²) in [7, 11) is 1.84. The van der Waals surface area contributed by atoms with Gasteiger partial charge in [-0.3, -0.25) is 9.79 Å². The van der Waals surface area contributed by atoms with Gasteiger partial charge in [-0.2, -0.15) is 0 Å². The number of carbonyl (C=O) groups is 1. The Morgan fingerprint density at radius 1 is 1.07 bits per heavy atom. The maximum absolute atomic E-state index is 11.2. The molecule has 0 aliphatic carbocycles. The van der Waals surface area contributed by atoms with Gasteiger partial charge in [0.05, 0.1) is 0 Å². The zero-order valence-electron chi connectivity index (χ0n) is 17.2. The van der Waals surface area contributed by atoms with Crippen LogP contribution in [-0.2, 0) is 17.8 Å². The van der Waals surface area contributed by atoms with Crippen LogP contribution in [0, 0.1) is 5.92 Å². The SMILES string of the molecule is CN=C(NCc1cccc(NC(C)=O)c1)N1CCC(Cc2ccccc2)CC1.I. The number of nitrogens with zero attached hydrogens (tertiary/aromatic N) is 2. The highest BCUT2D eigenvalue weighted by Crippen LogP contribution is 2.21. The molecule has 6 heteroatoms. The number of hydrogen-bond acceptors (Lipinski definition) is 2. The largest absolute Gasteiger partial charge is 0.352 e. The lowest BCUT2D eigenvalue weighted by Crippen LogP contribution is -2.45. The highest BCUT2D eigenvalue weighted by atomic mass is 127. The first-order chi connectivity index (χ1) is 13.6. The van der Waals surface area contributed by atoms with E-state index >= 15 is 0 Å². The molecule has 3 rings (SSSR count). The number of benzene rings is 2. The van der Waals surface area contributed by atoms with E-state index in [1.807, 2.05) is 25.2 Å². The van der Waals surface area contributed by atoms with E-state index in [1.165, 1.54) is 25.3 Å². The second-order valence-electron chi connectivity index (χ2n) is 7.40. The Bertz CT molecular complexity index is 802. The molecule has 1 aliphatic heterocycles. The molecule has 0 atom stereocenters. The molecule has 29 heavy (non-hydrogen) atoms. The molecule has 1 amide bonds. The van der Waals surface area contributed by atoms with Crippen LogP contribution in [0.1, 0.15) is 30.9 Å². The Morgan fingerprint density at radius 2 is 1.76 bits per heavy atom. The van der Waals surface area contributed by atoms with E-state index in [0.717, 1.165) is 42.6 Å².